The molecule has 1 amide bonds. The van der Waals surface area contributed by atoms with Gasteiger partial charge in [-0.1, -0.05) is 18.2 Å². The topological polar surface area (TPSA) is 70.9 Å². The highest BCUT2D eigenvalue weighted by Gasteiger charge is 2.04. The zero-order chi connectivity index (χ0) is 16.4. The van der Waals surface area contributed by atoms with Crippen LogP contribution in [0, 0.1) is 0 Å². The van der Waals surface area contributed by atoms with Crippen LogP contribution in [0.25, 0.3) is 27.9 Å². The molecular formula is C19H15N3O2. The molecule has 3 heterocycles. The number of fused-ring (bicyclic) bond motifs is 3. The lowest BCUT2D eigenvalue weighted by Crippen LogP contribution is -2.19. The molecule has 0 aliphatic rings. The number of H-pyrrole nitrogens is 1. The molecule has 0 atom stereocenters. The van der Waals surface area contributed by atoms with E-state index in [0.29, 0.717) is 6.54 Å². The van der Waals surface area contributed by atoms with Gasteiger partial charge in [0.05, 0.1) is 30.2 Å². The zero-order valence-electron chi connectivity index (χ0n) is 12.8. The fourth-order valence-electron chi connectivity index (χ4n) is 2.66. The van der Waals surface area contributed by atoms with E-state index < -0.39 is 0 Å². The molecule has 0 aliphatic carbocycles. The fraction of sp³-hybridized carbons (Fsp3) is 0.0526. The van der Waals surface area contributed by atoms with E-state index in [-0.39, 0.29) is 5.91 Å². The summed E-state index contributed by atoms with van der Waals surface area (Å²) in [6, 6.07) is 13.7. The second-order valence-corrected chi connectivity index (χ2v) is 5.46. The van der Waals surface area contributed by atoms with Crippen LogP contribution in [-0.4, -0.2) is 15.9 Å². The van der Waals surface area contributed by atoms with Gasteiger partial charge in [-0.3, -0.25) is 9.78 Å². The van der Waals surface area contributed by atoms with Gasteiger partial charge in [-0.2, -0.15) is 0 Å². The van der Waals surface area contributed by atoms with Crippen molar-refractivity contribution in [2.75, 3.05) is 0 Å². The highest BCUT2D eigenvalue weighted by Crippen LogP contribution is 2.25. The van der Waals surface area contributed by atoms with Crippen LogP contribution < -0.4 is 5.32 Å². The van der Waals surface area contributed by atoms with Gasteiger partial charge in [-0.05, 0) is 30.3 Å². The molecule has 4 rings (SSSR count). The van der Waals surface area contributed by atoms with Crippen molar-refractivity contribution in [2.24, 2.45) is 0 Å². The third kappa shape index (κ3) is 2.79. The highest BCUT2D eigenvalue weighted by atomic mass is 16.3. The number of furan rings is 1. The van der Waals surface area contributed by atoms with Gasteiger partial charge < -0.3 is 14.7 Å². The Kier molecular flexibility index (Phi) is 3.59. The molecular weight excluding hydrogens is 302 g/mol. The van der Waals surface area contributed by atoms with Crippen molar-refractivity contribution in [1.82, 2.24) is 15.3 Å². The molecule has 0 radical (unpaired) electrons. The van der Waals surface area contributed by atoms with E-state index in [1.165, 1.54) is 6.08 Å². The summed E-state index contributed by atoms with van der Waals surface area (Å²) in [6.07, 6.45) is 6.55. The number of benzene rings is 1. The Bertz CT molecular complexity index is 1030. The van der Waals surface area contributed by atoms with Gasteiger partial charge in [-0.15, -0.1) is 0 Å². The molecule has 0 saturated heterocycles. The maximum Gasteiger partial charge on any atom is 0.244 e. The second kappa shape index (κ2) is 6.04. The van der Waals surface area contributed by atoms with E-state index in [9.17, 15) is 4.79 Å². The summed E-state index contributed by atoms with van der Waals surface area (Å²) < 4.78 is 5.17. The van der Waals surface area contributed by atoms with Crippen molar-refractivity contribution < 1.29 is 9.21 Å². The predicted octanol–water partition coefficient (Wildman–Crippen LogP) is 3.64. The lowest BCUT2D eigenvalue weighted by atomic mass is 10.1. The molecule has 0 unspecified atom stereocenters. The lowest BCUT2D eigenvalue weighted by Gasteiger charge is -1.98. The number of amides is 1. The summed E-state index contributed by atoms with van der Waals surface area (Å²) in [6.45, 7) is 0.366. The molecule has 5 heteroatoms. The number of carbonyl (C=O) groups is 1. The normalized spacial score (nSPS) is 11.5. The number of nitrogens with zero attached hydrogens (tertiary/aromatic N) is 1. The van der Waals surface area contributed by atoms with Gasteiger partial charge in [0.1, 0.15) is 5.76 Å². The first-order valence-corrected chi connectivity index (χ1v) is 7.64. The SMILES string of the molecule is O=C(/C=C/c1cc2c(cn1)[nH]c1ccccc12)NCc1ccco1. The number of aromatic nitrogens is 2. The number of hydrogen-bond donors (Lipinski definition) is 2. The van der Waals surface area contributed by atoms with Crippen molar-refractivity contribution in [3.8, 4) is 0 Å². The van der Waals surface area contributed by atoms with E-state index in [2.05, 4.69) is 21.4 Å². The van der Waals surface area contributed by atoms with Crippen molar-refractivity contribution in [3.05, 3.63) is 72.5 Å². The second-order valence-electron chi connectivity index (χ2n) is 5.46. The molecule has 3 aromatic heterocycles. The van der Waals surface area contributed by atoms with Crippen LogP contribution in [0.1, 0.15) is 11.5 Å². The molecule has 0 spiro atoms. The largest absolute Gasteiger partial charge is 0.467 e. The molecule has 24 heavy (non-hydrogen) atoms. The van der Waals surface area contributed by atoms with E-state index in [1.54, 1.807) is 24.6 Å². The molecule has 0 bridgehead atoms. The van der Waals surface area contributed by atoms with Crippen LogP contribution in [0.4, 0.5) is 0 Å². The minimum atomic E-state index is -0.188. The molecule has 0 saturated carbocycles. The quantitative estimate of drug-likeness (QED) is 0.565. The summed E-state index contributed by atoms with van der Waals surface area (Å²) in [5.41, 5.74) is 2.79. The Hall–Kier alpha value is -3.34. The van der Waals surface area contributed by atoms with E-state index in [1.807, 2.05) is 30.3 Å². The third-order valence-electron chi connectivity index (χ3n) is 3.83. The van der Waals surface area contributed by atoms with Gasteiger partial charge in [0.2, 0.25) is 5.91 Å². The number of rotatable bonds is 4. The Morgan fingerprint density at radius 2 is 2.08 bits per heavy atom. The van der Waals surface area contributed by atoms with Gasteiger partial charge in [-0.25, -0.2) is 0 Å². The molecule has 1 aromatic carbocycles. The Morgan fingerprint density at radius 1 is 1.17 bits per heavy atom. The molecule has 2 N–H and O–H groups in total. The summed E-state index contributed by atoms with van der Waals surface area (Å²) in [4.78, 5) is 19.6. The molecule has 4 aromatic rings. The predicted molar refractivity (Wildman–Crippen MR) is 93.2 cm³/mol. The summed E-state index contributed by atoms with van der Waals surface area (Å²) in [7, 11) is 0. The Balaban J connectivity index is 1.53. The average Bonchev–Trinajstić information content (AvgIpc) is 3.25. The number of pyridine rings is 1. The van der Waals surface area contributed by atoms with Crippen molar-refractivity contribution in [3.63, 3.8) is 0 Å². The smallest absolute Gasteiger partial charge is 0.244 e. The molecule has 118 valence electrons. The first-order chi connectivity index (χ1) is 11.8. The van der Waals surface area contributed by atoms with Crippen molar-refractivity contribution in [2.45, 2.75) is 6.54 Å². The van der Waals surface area contributed by atoms with Gasteiger partial charge in [0.15, 0.2) is 0 Å². The summed E-state index contributed by atoms with van der Waals surface area (Å²) in [5.74, 6) is 0.530. The van der Waals surface area contributed by atoms with Gasteiger partial charge in [0.25, 0.3) is 0 Å². The van der Waals surface area contributed by atoms with Crippen LogP contribution >= 0.6 is 0 Å². The maximum atomic E-state index is 11.9. The average molecular weight is 317 g/mol. The first kappa shape index (κ1) is 14.3. The standard InChI is InChI=1S/C19H15N3O2/c23-19(21-11-14-4-3-9-24-14)8-7-13-10-16-15-5-1-2-6-17(15)22-18(16)12-20-13/h1-10,12,22H,11H2,(H,21,23)/b8-7+. The van der Waals surface area contributed by atoms with E-state index >= 15 is 0 Å². The van der Waals surface area contributed by atoms with E-state index in [0.717, 1.165) is 33.3 Å². The number of nitrogens with one attached hydrogen (secondary N) is 2. The van der Waals surface area contributed by atoms with Crippen LogP contribution in [0.15, 0.2) is 65.4 Å². The van der Waals surface area contributed by atoms with Gasteiger partial charge in [0, 0.05) is 22.4 Å². The maximum absolute atomic E-state index is 11.9. The minimum Gasteiger partial charge on any atom is -0.467 e. The Morgan fingerprint density at radius 3 is 2.96 bits per heavy atom. The van der Waals surface area contributed by atoms with Crippen LogP contribution in [-0.2, 0) is 11.3 Å². The number of para-hydroxylation sites is 1. The highest BCUT2D eigenvalue weighted by molar-refractivity contribution is 6.07. The number of aromatic amines is 1. The van der Waals surface area contributed by atoms with Crippen LogP contribution in [0.2, 0.25) is 0 Å². The Labute approximate surface area is 138 Å². The minimum absolute atomic E-state index is 0.188. The van der Waals surface area contributed by atoms with Crippen molar-refractivity contribution in [1.29, 1.82) is 0 Å². The summed E-state index contributed by atoms with van der Waals surface area (Å²) >= 11 is 0. The van der Waals surface area contributed by atoms with Gasteiger partial charge >= 0.3 is 0 Å². The number of carbonyl (C=O) groups excluding carboxylic acids is 1. The lowest BCUT2D eigenvalue weighted by molar-refractivity contribution is -0.116. The van der Waals surface area contributed by atoms with Crippen molar-refractivity contribution >= 4 is 33.8 Å². The summed E-state index contributed by atoms with van der Waals surface area (Å²) in [5, 5.41) is 5.00. The molecule has 0 fully saturated rings. The third-order valence-corrected chi connectivity index (χ3v) is 3.83. The van der Waals surface area contributed by atoms with Crippen LogP contribution in [0.5, 0.6) is 0 Å². The fourth-order valence-corrected chi connectivity index (χ4v) is 2.66. The first-order valence-electron chi connectivity index (χ1n) is 7.64. The zero-order valence-corrected chi connectivity index (χ0v) is 12.8. The monoisotopic (exact) mass is 317 g/mol. The van der Waals surface area contributed by atoms with E-state index in [4.69, 9.17) is 4.42 Å². The molecule has 5 nitrogen and oxygen atoms in total. The van der Waals surface area contributed by atoms with Crippen LogP contribution in [0.3, 0.4) is 0 Å². The molecule has 0 aliphatic heterocycles. The number of hydrogen-bond acceptors (Lipinski definition) is 3.